The second-order valence-corrected chi connectivity index (χ2v) is 4.38. The van der Waals surface area contributed by atoms with E-state index in [2.05, 4.69) is 15.9 Å². The Kier molecular flexibility index (Phi) is 3.19. The number of hydrogen-bond donors (Lipinski definition) is 0. The van der Waals surface area contributed by atoms with Gasteiger partial charge in [0, 0.05) is 11.1 Å². The van der Waals surface area contributed by atoms with Crippen molar-refractivity contribution in [2.45, 2.75) is 25.4 Å². The number of benzene rings is 1. The van der Waals surface area contributed by atoms with Gasteiger partial charge in [-0.25, -0.2) is 4.39 Å². The molecule has 0 aromatic heterocycles. The van der Waals surface area contributed by atoms with E-state index in [1.54, 1.807) is 6.07 Å². The van der Waals surface area contributed by atoms with Crippen molar-refractivity contribution in [3.63, 3.8) is 0 Å². The summed E-state index contributed by atoms with van der Waals surface area (Å²) in [6, 6.07) is 4.78. The van der Waals surface area contributed by atoms with E-state index in [9.17, 15) is 4.39 Å². The highest BCUT2D eigenvalue weighted by Crippen LogP contribution is 2.32. The van der Waals surface area contributed by atoms with E-state index in [4.69, 9.17) is 4.74 Å². The Balaban J connectivity index is 2.22. The maximum Gasteiger partial charge on any atom is 0.124 e. The van der Waals surface area contributed by atoms with Crippen molar-refractivity contribution in [3.05, 3.63) is 34.1 Å². The summed E-state index contributed by atoms with van der Waals surface area (Å²) in [6.45, 7) is 0.814. The number of ether oxygens (including phenoxy) is 1. The van der Waals surface area contributed by atoms with Gasteiger partial charge in [0.1, 0.15) is 5.82 Å². The van der Waals surface area contributed by atoms with E-state index in [1.165, 1.54) is 18.6 Å². The van der Waals surface area contributed by atoms with Crippen molar-refractivity contribution in [2.75, 3.05) is 6.61 Å². The first-order chi connectivity index (χ1) is 6.77. The van der Waals surface area contributed by atoms with E-state index >= 15 is 0 Å². The Morgan fingerprint density at radius 3 is 2.86 bits per heavy atom. The molecule has 1 heterocycles. The molecule has 0 amide bonds. The SMILES string of the molecule is Fc1ccc(C2CCCCO2)c(Br)c1. The molecule has 1 atom stereocenters. The summed E-state index contributed by atoms with van der Waals surface area (Å²) < 4.78 is 19.3. The van der Waals surface area contributed by atoms with E-state index in [0.29, 0.717) is 0 Å². The smallest absolute Gasteiger partial charge is 0.124 e. The molecular weight excluding hydrogens is 247 g/mol. The van der Waals surface area contributed by atoms with Crippen molar-refractivity contribution < 1.29 is 9.13 Å². The average Bonchev–Trinajstić information content (AvgIpc) is 2.19. The minimum absolute atomic E-state index is 0.138. The molecule has 0 saturated carbocycles. The largest absolute Gasteiger partial charge is 0.373 e. The van der Waals surface area contributed by atoms with Crippen LogP contribution in [0.25, 0.3) is 0 Å². The van der Waals surface area contributed by atoms with E-state index in [-0.39, 0.29) is 11.9 Å². The van der Waals surface area contributed by atoms with Gasteiger partial charge in [0.05, 0.1) is 6.10 Å². The second kappa shape index (κ2) is 4.41. The third-order valence-corrected chi connectivity index (χ3v) is 3.18. The first kappa shape index (κ1) is 10.1. The van der Waals surface area contributed by atoms with E-state index in [1.807, 2.05) is 0 Å². The van der Waals surface area contributed by atoms with Gasteiger partial charge in [-0.15, -0.1) is 0 Å². The van der Waals surface area contributed by atoms with Gasteiger partial charge in [-0.3, -0.25) is 0 Å². The van der Waals surface area contributed by atoms with Crippen LogP contribution in [-0.4, -0.2) is 6.61 Å². The van der Waals surface area contributed by atoms with Crippen molar-refractivity contribution in [3.8, 4) is 0 Å². The molecule has 1 aliphatic heterocycles. The lowest BCUT2D eigenvalue weighted by atomic mass is 10.0. The van der Waals surface area contributed by atoms with Gasteiger partial charge in [0.2, 0.25) is 0 Å². The number of rotatable bonds is 1. The van der Waals surface area contributed by atoms with Crippen LogP contribution in [-0.2, 0) is 4.74 Å². The number of halogens is 2. The summed E-state index contributed by atoms with van der Waals surface area (Å²) in [7, 11) is 0. The van der Waals surface area contributed by atoms with Gasteiger partial charge in [-0.1, -0.05) is 22.0 Å². The Bertz CT molecular complexity index is 321. The first-order valence-corrected chi connectivity index (χ1v) is 5.63. The van der Waals surface area contributed by atoms with Crippen molar-refractivity contribution in [1.29, 1.82) is 0 Å². The minimum atomic E-state index is -0.212. The Hall–Kier alpha value is -0.410. The zero-order valence-electron chi connectivity index (χ0n) is 7.80. The maximum absolute atomic E-state index is 12.8. The summed E-state index contributed by atoms with van der Waals surface area (Å²) in [6.07, 6.45) is 3.49. The summed E-state index contributed by atoms with van der Waals surface area (Å²) in [4.78, 5) is 0. The van der Waals surface area contributed by atoms with Crippen LogP contribution in [0.3, 0.4) is 0 Å². The summed E-state index contributed by atoms with van der Waals surface area (Å²) in [5.41, 5.74) is 1.06. The van der Waals surface area contributed by atoms with Crippen LogP contribution in [0.15, 0.2) is 22.7 Å². The zero-order valence-corrected chi connectivity index (χ0v) is 9.39. The van der Waals surface area contributed by atoms with Crippen molar-refractivity contribution in [1.82, 2.24) is 0 Å². The van der Waals surface area contributed by atoms with Gasteiger partial charge in [-0.2, -0.15) is 0 Å². The molecule has 0 aliphatic carbocycles. The third-order valence-electron chi connectivity index (χ3n) is 2.49. The van der Waals surface area contributed by atoms with E-state index < -0.39 is 0 Å². The van der Waals surface area contributed by atoms with Crippen LogP contribution >= 0.6 is 15.9 Å². The van der Waals surface area contributed by atoms with Gasteiger partial charge in [0.25, 0.3) is 0 Å². The highest BCUT2D eigenvalue weighted by molar-refractivity contribution is 9.10. The molecular formula is C11H12BrFO. The predicted molar refractivity (Wildman–Crippen MR) is 56.6 cm³/mol. The average molecular weight is 259 g/mol. The molecule has 0 N–H and O–H groups in total. The normalized spacial score (nSPS) is 22.3. The molecule has 1 saturated heterocycles. The maximum atomic E-state index is 12.8. The molecule has 0 radical (unpaired) electrons. The number of hydrogen-bond acceptors (Lipinski definition) is 1. The lowest BCUT2D eigenvalue weighted by Gasteiger charge is -2.23. The van der Waals surface area contributed by atoms with Crippen LogP contribution in [0.5, 0.6) is 0 Å². The minimum Gasteiger partial charge on any atom is -0.373 e. The lowest BCUT2D eigenvalue weighted by molar-refractivity contribution is 0.0145. The molecule has 1 aromatic carbocycles. The molecule has 1 nitrogen and oxygen atoms in total. The topological polar surface area (TPSA) is 9.23 Å². The van der Waals surface area contributed by atoms with E-state index in [0.717, 1.165) is 29.5 Å². The molecule has 76 valence electrons. The van der Waals surface area contributed by atoms with Crippen molar-refractivity contribution in [2.24, 2.45) is 0 Å². The lowest BCUT2D eigenvalue weighted by Crippen LogP contribution is -2.11. The molecule has 0 bridgehead atoms. The third kappa shape index (κ3) is 2.15. The van der Waals surface area contributed by atoms with Crippen LogP contribution in [0.1, 0.15) is 30.9 Å². The Morgan fingerprint density at radius 1 is 1.36 bits per heavy atom. The fourth-order valence-corrected chi connectivity index (χ4v) is 2.35. The highest BCUT2D eigenvalue weighted by Gasteiger charge is 2.18. The fourth-order valence-electron chi connectivity index (χ4n) is 1.75. The summed E-state index contributed by atoms with van der Waals surface area (Å²) >= 11 is 3.36. The molecule has 14 heavy (non-hydrogen) atoms. The molecule has 1 aromatic rings. The molecule has 1 unspecified atom stereocenters. The van der Waals surface area contributed by atoms with Crippen LogP contribution in [0.4, 0.5) is 4.39 Å². The monoisotopic (exact) mass is 258 g/mol. The van der Waals surface area contributed by atoms with Gasteiger partial charge < -0.3 is 4.74 Å². The van der Waals surface area contributed by atoms with Gasteiger partial charge >= 0.3 is 0 Å². The van der Waals surface area contributed by atoms with Gasteiger partial charge in [0.15, 0.2) is 0 Å². The predicted octanol–water partition coefficient (Wildman–Crippen LogP) is 3.83. The molecule has 3 heteroatoms. The van der Waals surface area contributed by atoms with Crippen LogP contribution < -0.4 is 0 Å². The summed E-state index contributed by atoms with van der Waals surface area (Å²) in [5, 5.41) is 0. The standard InChI is InChI=1S/C11H12BrFO/c12-10-7-8(13)4-5-9(10)11-3-1-2-6-14-11/h4-5,7,11H,1-3,6H2. The first-order valence-electron chi connectivity index (χ1n) is 4.84. The summed E-state index contributed by atoms with van der Waals surface area (Å²) in [5.74, 6) is -0.212. The fraction of sp³-hybridized carbons (Fsp3) is 0.455. The highest BCUT2D eigenvalue weighted by atomic mass is 79.9. The quantitative estimate of drug-likeness (QED) is 0.744. The zero-order chi connectivity index (χ0) is 9.97. The second-order valence-electron chi connectivity index (χ2n) is 3.52. The molecule has 0 spiro atoms. The van der Waals surface area contributed by atoms with Crippen LogP contribution in [0.2, 0.25) is 0 Å². The van der Waals surface area contributed by atoms with Crippen molar-refractivity contribution >= 4 is 15.9 Å². The molecule has 2 rings (SSSR count). The van der Waals surface area contributed by atoms with Gasteiger partial charge in [-0.05, 0) is 37.0 Å². The Morgan fingerprint density at radius 2 is 2.21 bits per heavy atom. The molecule has 1 aliphatic rings. The van der Waals surface area contributed by atoms with Crippen LogP contribution in [0, 0.1) is 5.82 Å². The molecule has 1 fully saturated rings. The Labute approximate surface area is 91.4 Å².